The Bertz CT molecular complexity index is 907. The van der Waals surface area contributed by atoms with Gasteiger partial charge in [-0.25, -0.2) is 0 Å². The van der Waals surface area contributed by atoms with E-state index in [9.17, 15) is 26.3 Å². The van der Waals surface area contributed by atoms with E-state index in [4.69, 9.17) is 0 Å². The molecule has 0 aliphatic heterocycles. The summed E-state index contributed by atoms with van der Waals surface area (Å²) in [4.78, 5) is 2.14. The van der Waals surface area contributed by atoms with E-state index in [1.165, 1.54) is 0 Å². The third-order valence-electron chi connectivity index (χ3n) is 5.09. The van der Waals surface area contributed by atoms with Gasteiger partial charge < -0.3 is 0 Å². The molecule has 3 rings (SSSR count). The average molecular weight is 451 g/mol. The van der Waals surface area contributed by atoms with E-state index in [1.807, 2.05) is 60.7 Å². The lowest BCUT2D eigenvalue weighted by Crippen LogP contribution is -2.24. The van der Waals surface area contributed by atoms with Crippen LogP contribution in [-0.2, 0) is 31.9 Å². The van der Waals surface area contributed by atoms with Crippen molar-refractivity contribution in [1.29, 1.82) is 0 Å². The van der Waals surface area contributed by atoms with E-state index in [2.05, 4.69) is 4.90 Å². The Labute approximate surface area is 183 Å². The van der Waals surface area contributed by atoms with Crippen LogP contribution in [0.2, 0.25) is 0 Å². The molecular weight excluding hydrogens is 428 g/mol. The zero-order chi connectivity index (χ0) is 23.2. The first-order valence-corrected chi connectivity index (χ1v) is 10.2. The molecule has 0 atom stereocenters. The summed E-state index contributed by atoms with van der Waals surface area (Å²) in [6, 6.07) is 21.3. The number of rotatable bonds is 8. The van der Waals surface area contributed by atoms with Gasteiger partial charge in [-0.3, -0.25) is 4.90 Å². The quantitative estimate of drug-likeness (QED) is 0.324. The summed E-state index contributed by atoms with van der Waals surface area (Å²) in [5, 5.41) is 0. The maximum Gasteiger partial charge on any atom is 0.416 e. The highest BCUT2D eigenvalue weighted by Gasteiger charge is 2.36. The maximum atomic E-state index is 13.1. The summed E-state index contributed by atoms with van der Waals surface area (Å²) in [6.45, 7) is 1.79. The molecular formula is C25H23F6N. The summed E-state index contributed by atoms with van der Waals surface area (Å²) in [6.07, 6.45) is -9.11. The van der Waals surface area contributed by atoms with Crippen LogP contribution in [0.25, 0.3) is 0 Å². The molecule has 0 heterocycles. The van der Waals surface area contributed by atoms with Crippen LogP contribution in [0.15, 0.2) is 78.9 Å². The Balaban J connectivity index is 1.73. The predicted octanol–water partition coefficient (Wildman–Crippen LogP) is 7.36. The minimum Gasteiger partial charge on any atom is -0.295 e. The van der Waals surface area contributed by atoms with Crippen molar-refractivity contribution < 1.29 is 26.3 Å². The Hall–Kier alpha value is -2.80. The van der Waals surface area contributed by atoms with Gasteiger partial charge in [0.15, 0.2) is 0 Å². The van der Waals surface area contributed by atoms with Crippen LogP contribution >= 0.6 is 0 Å². The number of hydrogen-bond acceptors (Lipinski definition) is 1. The van der Waals surface area contributed by atoms with Crippen molar-refractivity contribution in [1.82, 2.24) is 4.90 Å². The van der Waals surface area contributed by atoms with Crippen molar-refractivity contribution in [2.75, 3.05) is 6.54 Å². The molecule has 7 heteroatoms. The molecule has 0 unspecified atom stereocenters. The third kappa shape index (κ3) is 7.12. The molecule has 0 amide bonds. The van der Waals surface area contributed by atoms with E-state index in [0.717, 1.165) is 23.3 Å². The van der Waals surface area contributed by atoms with Crippen molar-refractivity contribution in [3.63, 3.8) is 0 Å². The third-order valence-corrected chi connectivity index (χ3v) is 5.09. The second-order valence-electron chi connectivity index (χ2n) is 7.70. The van der Waals surface area contributed by atoms with Crippen molar-refractivity contribution in [2.24, 2.45) is 0 Å². The zero-order valence-corrected chi connectivity index (χ0v) is 17.3. The number of alkyl halides is 6. The first-order valence-electron chi connectivity index (χ1n) is 10.2. The van der Waals surface area contributed by atoms with Crippen LogP contribution in [0, 0.1) is 0 Å². The van der Waals surface area contributed by atoms with Crippen LogP contribution < -0.4 is 0 Å². The Morgan fingerprint density at radius 1 is 0.562 bits per heavy atom. The van der Waals surface area contributed by atoms with Gasteiger partial charge in [0.25, 0.3) is 0 Å². The first-order chi connectivity index (χ1) is 15.1. The van der Waals surface area contributed by atoms with E-state index >= 15 is 0 Å². The fourth-order valence-corrected chi connectivity index (χ4v) is 3.57. The number of benzene rings is 3. The highest BCUT2D eigenvalue weighted by molar-refractivity contribution is 5.33. The van der Waals surface area contributed by atoms with E-state index in [0.29, 0.717) is 26.1 Å². The highest BCUT2D eigenvalue weighted by atomic mass is 19.4. The number of hydrogen-bond donors (Lipinski definition) is 0. The molecule has 1 nitrogen and oxygen atoms in total. The van der Waals surface area contributed by atoms with E-state index in [1.54, 1.807) is 0 Å². The zero-order valence-electron chi connectivity index (χ0n) is 17.3. The maximum absolute atomic E-state index is 13.1. The molecule has 0 N–H and O–H groups in total. The topological polar surface area (TPSA) is 3.24 Å². The van der Waals surface area contributed by atoms with Crippen molar-refractivity contribution in [3.8, 4) is 0 Å². The lowest BCUT2D eigenvalue weighted by atomic mass is 10.0. The molecule has 0 bridgehead atoms. The molecule has 3 aromatic rings. The van der Waals surface area contributed by atoms with Crippen LogP contribution in [-0.4, -0.2) is 11.4 Å². The fraction of sp³-hybridized carbons (Fsp3) is 0.280. The summed E-state index contributed by atoms with van der Waals surface area (Å²) >= 11 is 0. The molecule has 32 heavy (non-hydrogen) atoms. The SMILES string of the molecule is FC(F)(F)c1cc(CCCN(Cc2ccccc2)Cc2ccccc2)cc(C(F)(F)F)c1. The van der Waals surface area contributed by atoms with Crippen LogP contribution in [0.3, 0.4) is 0 Å². The largest absolute Gasteiger partial charge is 0.416 e. The molecule has 0 fully saturated rings. The Kier molecular flexibility index (Phi) is 7.61. The van der Waals surface area contributed by atoms with Gasteiger partial charge in [0.05, 0.1) is 11.1 Å². The monoisotopic (exact) mass is 451 g/mol. The standard InChI is InChI=1S/C25H23F6N/c26-24(27,28)22-14-21(15-23(16-22)25(29,30)31)12-7-13-32(17-19-8-3-1-4-9-19)18-20-10-5-2-6-11-20/h1-6,8-11,14-16H,7,12-13,17-18H2. The summed E-state index contributed by atoms with van der Waals surface area (Å²) in [5.74, 6) is 0. The average Bonchev–Trinajstić information content (AvgIpc) is 2.74. The lowest BCUT2D eigenvalue weighted by molar-refractivity contribution is -0.143. The predicted molar refractivity (Wildman–Crippen MR) is 112 cm³/mol. The highest BCUT2D eigenvalue weighted by Crippen LogP contribution is 2.36. The minimum absolute atomic E-state index is 0.0338. The summed E-state index contributed by atoms with van der Waals surface area (Å²) in [5.41, 5.74) is -0.337. The summed E-state index contributed by atoms with van der Waals surface area (Å²) < 4.78 is 78.6. The van der Waals surface area contributed by atoms with E-state index in [-0.39, 0.29) is 18.1 Å². The smallest absolute Gasteiger partial charge is 0.295 e. The Morgan fingerprint density at radius 2 is 1.00 bits per heavy atom. The molecule has 0 spiro atoms. The lowest BCUT2D eigenvalue weighted by Gasteiger charge is -2.23. The van der Waals surface area contributed by atoms with Gasteiger partial charge in [0.1, 0.15) is 0 Å². The van der Waals surface area contributed by atoms with Crippen molar-refractivity contribution >= 4 is 0 Å². The van der Waals surface area contributed by atoms with Gasteiger partial charge in [-0.2, -0.15) is 26.3 Å². The van der Waals surface area contributed by atoms with Crippen molar-refractivity contribution in [2.45, 2.75) is 38.3 Å². The normalized spacial score (nSPS) is 12.3. The minimum atomic E-state index is -4.83. The number of aryl methyl sites for hydroxylation is 1. The summed E-state index contributed by atoms with van der Waals surface area (Å²) in [7, 11) is 0. The fourth-order valence-electron chi connectivity index (χ4n) is 3.57. The molecule has 0 aliphatic carbocycles. The van der Waals surface area contributed by atoms with Gasteiger partial charge in [0.2, 0.25) is 0 Å². The van der Waals surface area contributed by atoms with Gasteiger partial charge in [-0.15, -0.1) is 0 Å². The van der Waals surface area contributed by atoms with E-state index < -0.39 is 23.5 Å². The molecule has 0 radical (unpaired) electrons. The second kappa shape index (κ2) is 10.2. The van der Waals surface area contributed by atoms with Gasteiger partial charge in [-0.05, 0) is 54.3 Å². The van der Waals surface area contributed by atoms with Crippen LogP contribution in [0.1, 0.15) is 34.2 Å². The molecule has 0 aromatic heterocycles. The van der Waals surface area contributed by atoms with Crippen LogP contribution in [0.5, 0.6) is 0 Å². The first kappa shape index (κ1) is 23.9. The molecule has 3 aromatic carbocycles. The second-order valence-corrected chi connectivity index (χ2v) is 7.70. The number of halogens is 6. The molecule has 0 aliphatic rings. The van der Waals surface area contributed by atoms with Gasteiger partial charge in [-0.1, -0.05) is 60.7 Å². The van der Waals surface area contributed by atoms with Gasteiger partial charge >= 0.3 is 12.4 Å². The van der Waals surface area contributed by atoms with Crippen molar-refractivity contribution in [3.05, 3.63) is 107 Å². The molecule has 170 valence electrons. The van der Waals surface area contributed by atoms with Gasteiger partial charge in [0, 0.05) is 13.1 Å². The molecule has 0 saturated carbocycles. The van der Waals surface area contributed by atoms with Crippen LogP contribution in [0.4, 0.5) is 26.3 Å². The molecule has 0 saturated heterocycles. The number of nitrogens with zero attached hydrogens (tertiary/aromatic N) is 1. The Morgan fingerprint density at radius 3 is 1.41 bits per heavy atom.